The van der Waals surface area contributed by atoms with Crippen molar-refractivity contribution < 1.29 is 42.6 Å². The lowest BCUT2D eigenvalue weighted by Gasteiger charge is -2.13. The number of aromatic carboxylic acids is 1. The third-order valence-corrected chi connectivity index (χ3v) is 9.64. The van der Waals surface area contributed by atoms with E-state index in [1.807, 2.05) is 74.4 Å². The van der Waals surface area contributed by atoms with Crippen LogP contribution in [0.5, 0.6) is 0 Å². The Morgan fingerprint density at radius 2 is 1.17 bits per heavy atom. The first-order chi connectivity index (χ1) is 30.2. The van der Waals surface area contributed by atoms with Gasteiger partial charge in [0, 0.05) is 49.5 Å². The number of anilines is 1. The number of aromatic nitrogens is 2. The molecule has 0 aliphatic carbocycles. The number of nitrogens with one attached hydrogen (secondary N) is 1. The number of nitrogens with two attached hydrogens (primary N) is 1. The minimum atomic E-state index is -1.28. The summed E-state index contributed by atoms with van der Waals surface area (Å²) in [5, 5.41) is 16.7. The number of ether oxygens (including phenoxy) is 2. The number of carboxylic acid groups (broad SMARTS) is 1. The molecule has 0 aliphatic rings. The van der Waals surface area contributed by atoms with Crippen molar-refractivity contribution in [2.45, 2.75) is 20.0 Å². The molecule has 16 heteroatoms. The summed E-state index contributed by atoms with van der Waals surface area (Å²) >= 11 is 0. The summed E-state index contributed by atoms with van der Waals surface area (Å²) in [4.78, 5) is 79.9. The van der Waals surface area contributed by atoms with Gasteiger partial charge >= 0.3 is 29.2 Å². The number of aryl methyl sites for hydroxylation is 1. The molecular formula is C47H41N5O11. The van der Waals surface area contributed by atoms with Crippen LogP contribution in [0.1, 0.15) is 58.4 Å². The van der Waals surface area contributed by atoms with Crippen molar-refractivity contribution in [3.63, 3.8) is 0 Å². The van der Waals surface area contributed by atoms with Gasteiger partial charge in [0.1, 0.15) is 22.3 Å². The molecule has 0 saturated carbocycles. The Morgan fingerprint density at radius 3 is 1.68 bits per heavy atom. The van der Waals surface area contributed by atoms with Crippen molar-refractivity contribution in [2.75, 3.05) is 33.2 Å². The van der Waals surface area contributed by atoms with Crippen molar-refractivity contribution >= 4 is 73.0 Å². The number of amides is 1. The number of rotatable bonds is 8. The highest BCUT2D eigenvalue weighted by atomic mass is 16.5. The molecule has 4 aromatic heterocycles. The van der Waals surface area contributed by atoms with E-state index in [9.17, 15) is 28.8 Å². The maximum Gasteiger partial charge on any atom is 0.351 e. The van der Waals surface area contributed by atoms with Gasteiger partial charge in [-0.1, -0.05) is 29.8 Å². The molecule has 4 heterocycles. The number of benzene rings is 4. The molecule has 0 fully saturated rings. The van der Waals surface area contributed by atoms with Gasteiger partial charge < -0.3 is 39.4 Å². The molecule has 0 bridgehead atoms. The van der Waals surface area contributed by atoms with Crippen LogP contribution in [0, 0.1) is 6.92 Å². The molecule has 8 aromatic rings. The Morgan fingerprint density at radius 1 is 0.651 bits per heavy atom. The van der Waals surface area contributed by atoms with E-state index in [1.54, 1.807) is 36.4 Å². The lowest BCUT2D eigenvalue weighted by Crippen LogP contribution is -2.28. The molecule has 0 radical (unpaired) electrons. The predicted octanol–water partition coefficient (Wildman–Crippen LogP) is 6.40. The summed E-state index contributed by atoms with van der Waals surface area (Å²) < 4.78 is 19.6. The lowest BCUT2D eigenvalue weighted by molar-refractivity contribution is 0.0591. The van der Waals surface area contributed by atoms with Crippen LogP contribution in [0.4, 0.5) is 5.69 Å². The number of esters is 2. The van der Waals surface area contributed by atoms with Gasteiger partial charge in [-0.25, -0.2) is 24.0 Å². The molecule has 0 saturated heterocycles. The monoisotopic (exact) mass is 851 g/mol. The first-order valence-corrected chi connectivity index (χ1v) is 19.1. The third kappa shape index (κ3) is 10.6. The Labute approximate surface area is 358 Å². The number of fused-ring (bicyclic) bond motifs is 4. The molecule has 4 N–H and O–H groups in total. The minimum Gasteiger partial charge on any atom is -0.477 e. The predicted molar refractivity (Wildman–Crippen MR) is 236 cm³/mol. The zero-order valence-electron chi connectivity index (χ0n) is 34.8. The normalized spacial score (nSPS) is 10.6. The summed E-state index contributed by atoms with van der Waals surface area (Å²) in [7, 11) is 6.51. The molecule has 8 rings (SSSR count). The highest BCUT2D eigenvalue weighted by molar-refractivity contribution is 6.01. The molecule has 0 spiro atoms. The number of hydrogen-bond donors (Lipinski definition) is 3. The fraction of sp³-hybridized carbons (Fsp3) is 0.149. The van der Waals surface area contributed by atoms with Crippen molar-refractivity contribution in [3.8, 4) is 0 Å². The van der Waals surface area contributed by atoms with Crippen molar-refractivity contribution in [1.82, 2.24) is 15.3 Å². The standard InChI is InChI=1S/C23H18N2O5.C16H13NO4.C8H10N2O2/c1-13-3-4-14-8-17-9-19(23(28)30-20(17)10-16(14)7-13)21(26)25-12-18-6-5-15(11-24-18)22(27)29-2;1-17(2)12-4-3-9-5-11-7-13(15(18)19)16(20)21-14(11)8-10(9)6-12;1-12-8(11)6-2-3-7(4-9)10-5-6/h3-11H,12H2,1-2H3,(H,25,26);3-8H,1-2H3,(H,18,19);2-3,5H,4,9H2,1H3. The van der Waals surface area contributed by atoms with E-state index in [-0.39, 0.29) is 23.6 Å². The maximum absolute atomic E-state index is 12.5. The largest absolute Gasteiger partial charge is 0.477 e. The molecule has 0 unspecified atom stereocenters. The first kappa shape index (κ1) is 44.3. The zero-order chi connectivity index (χ0) is 45.4. The van der Waals surface area contributed by atoms with Gasteiger partial charge in [0.15, 0.2) is 0 Å². The van der Waals surface area contributed by atoms with Crippen LogP contribution >= 0.6 is 0 Å². The van der Waals surface area contributed by atoms with Crippen molar-refractivity contribution in [3.05, 3.63) is 170 Å². The summed E-state index contributed by atoms with van der Waals surface area (Å²) in [5.41, 5.74) is 8.33. The molecule has 320 valence electrons. The topological polar surface area (TPSA) is 234 Å². The van der Waals surface area contributed by atoms with Gasteiger partial charge in [0.25, 0.3) is 5.91 Å². The van der Waals surface area contributed by atoms with Gasteiger partial charge in [-0.05, 0) is 101 Å². The van der Waals surface area contributed by atoms with Crippen molar-refractivity contribution in [1.29, 1.82) is 0 Å². The van der Waals surface area contributed by atoms with Crippen LogP contribution in [-0.4, -0.2) is 67.2 Å². The summed E-state index contributed by atoms with van der Waals surface area (Å²) in [6, 6.07) is 28.5. The number of methoxy groups -OCH3 is 2. The lowest BCUT2D eigenvalue weighted by atomic mass is 10.0. The highest BCUT2D eigenvalue weighted by Gasteiger charge is 2.16. The molecule has 63 heavy (non-hydrogen) atoms. The molecule has 4 aromatic carbocycles. The average molecular weight is 852 g/mol. The van der Waals surface area contributed by atoms with Gasteiger partial charge in [0.05, 0.1) is 43.3 Å². The van der Waals surface area contributed by atoms with Crippen LogP contribution in [0.2, 0.25) is 0 Å². The average Bonchev–Trinajstić information content (AvgIpc) is 3.28. The summed E-state index contributed by atoms with van der Waals surface area (Å²) in [6.45, 7) is 2.46. The van der Waals surface area contributed by atoms with E-state index in [0.29, 0.717) is 45.3 Å². The van der Waals surface area contributed by atoms with E-state index in [2.05, 4.69) is 24.8 Å². The summed E-state index contributed by atoms with van der Waals surface area (Å²) in [6.07, 6.45) is 2.82. The fourth-order valence-electron chi connectivity index (χ4n) is 6.24. The fourth-order valence-corrected chi connectivity index (χ4v) is 6.24. The van der Waals surface area contributed by atoms with Crippen LogP contribution < -0.4 is 27.2 Å². The number of pyridine rings is 2. The molecule has 0 aliphatic heterocycles. The number of hydrogen-bond acceptors (Lipinski definition) is 14. The van der Waals surface area contributed by atoms with E-state index < -0.39 is 29.1 Å². The first-order valence-electron chi connectivity index (χ1n) is 19.1. The SMILES string of the molecule is CN(C)c1ccc2cc3cc(C(=O)O)c(=O)oc3cc2c1.COC(=O)c1ccc(CN)nc1.COC(=O)c1ccc(CNC(=O)c2cc3cc4ccc(C)cc4cc3oc2=O)nc1. The van der Waals surface area contributed by atoms with Crippen LogP contribution in [0.3, 0.4) is 0 Å². The molecule has 1 amide bonds. The van der Waals surface area contributed by atoms with Crippen molar-refractivity contribution in [2.24, 2.45) is 5.73 Å². The van der Waals surface area contributed by atoms with E-state index in [0.717, 1.165) is 38.5 Å². The highest BCUT2D eigenvalue weighted by Crippen LogP contribution is 2.27. The number of carbonyl (C=O) groups excluding carboxylic acids is 3. The van der Waals surface area contributed by atoms with E-state index in [1.165, 1.54) is 38.7 Å². The second-order valence-electron chi connectivity index (χ2n) is 14.2. The molecule has 0 atom stereocenters. The second kappa shape index (κ2) is 19.4. The maximum atomic E-state index is 12.5. The number of carbonyl (C=O) groups is 4. The smallest absolute Gasteiger partial charge is 0.351 e. The summed E-state index contributed by atoms with van der Waals surface area (Å²) in [5.74, 6) is -2.72. The van der Waals surface area contributed by atoms with Crippen LogP contribution in [0.15, 0.2) is 128 Å². The Bertz CT molecular complexity index is 3140. The van der Waals surface area contributed by atoms with Gasteiger partial charge in [-0.2, -0.15) is 0 Å². The Balaban J connectivity index is 0.000000173. The third-order valence-electron chi connectivity index (χ3n) is 9.64. The van der Waals surface area contributed by atoms with Crippen LogP contribution in [0.25, 0.3) is 43.5 Å². The quantitative estimate of drug-likeness (QED) is 0.0852. The van der Waals surface area contributed by atoms with E-state index in [4.69, 9.17) is 19.7 Å². The van der Waals surface area contributed by atoms with Gasteiger partial charge in [0.2, 0.25) is 0 Å². The number of carboxylic acids is 1. The van der Waals surface area contributed by atoms with Gasteiger partial charge in [-0.3, -0.25) is 14.8 Å². The van der Waals surface area contributed by atoms with Crippen LogP contribution in [-0.2, 0) is 22.6 Å². The number of nitrogens with zero attached hydrogens (tertiary/aromatic N) is 3. The second-order valence-corrected chi connectivity index (χ2v) is 14.2. The Kier molecular flexibility index (Phi) is 13.7. The minimum absolute atomic E-state index is 0.0832. The Hall–Kier alpha value is -8.24. The van der Waals surface area contributed by atoms with E-state index >= 15 is 0 Å². The molecular weight excluding hydrogens is 811 g/mol. The molecule has 16 nitrogen and oxygen atoms in total. The van der Waals surface area contributed by atoms with Gasteiger partial charge in [-0.15, -0.1) is 0 Å². The zero-order valence-corrected chi connectivity index (χ0v) is 34.8.